The average Bonchev–Trinajstić information content (AvgIpc) is 2.73. The number of piperidine rings is 1. The van der Waals surface area contributed by atoms with Crippen molar-refractivity contribution in [3.8, 4) is 0 Å². The molecule has 2 aliphatic heterocycles. The van der Waals surface area contributed by atoms with E-state index in [2.05, 4.69) is 10.6 Å². The van der Waals surface area contributed by atoms with Crippen LogP contribution in [0.5, 0.6) is 0 Å². The molecule has 184 valence electrons. The van der Waals surface area contributed by atoms with Gasteiger partial charge in [-0.25, -0.2) is 4.79 Å². The molecule has 0 aromatic rings. The summed E-state index contributed by atoms with van der Waals surface area (Å²) in [6, 6.07) is -1.25. The quantitative estimate of drug-likeness (QED) is 0.405. The summed E-state index contributed by atoms with van der Waals surface area (Å²) in [5.74, 6) is -1.03. The number of carbonyl (C=O) groups is 4. The normalized spacial score (nSPS) is 28.5. The average molecular weight is 467 g/mol. The number of hydrogen-bond acceptors (Lipinski definition) is 8. The zero-order chi connectivity index (χ0) is 24.4. The predicted molar refractivity (Wildman–Crippen MR) is 117 cm³/mol. The predicted octanol–water partition coefficient (Wildman–Crippen LogP) is 0.186. The molecule has 11 nitrogen and oxygen atoms in total. The molecule has 0 radical (unpaired) electrons. The van der Waals surface area contributed by atoms with Crippen LogP contribution in [0.15, 0.2) is 11.8 Å². The van der Waals surface area contributed by atoms with E-state index in [1.165, 1.54) is 4.90 Å². The molecule has 0 bridgehead atoms. The van der Waals surface area contributed by atoms with Crippen LogP contribution in [0, 0.1) is 0 Å². The third kappa shape index (κ3) is 5.64. The van der Waals surface area contributed by atoms with E-state index in [4.69, 9.17) is 4.74 Å². The van der Waals surface area contributed by atoms with E-state index >= 15 is 0 Å². The van der Waals surface area contributed by atoms with Gasteiger partial charge in [-0.15, -0.1) is 0 Å². The highest BCUT2D eigenvalue weighted by Crippen LogP contribution is 2.41. The lowest BCUT2D eigenvalue weighted by atomic mass is 9.76. The van der Waals surface area contributed by atoms with Gasteiger partial charge in [-0.1, -0.05) is 0 Å². The first-order chi connectivity index (χ1) is 15.4. The molecule has 0 saturated carbocycles. The maximum atomic E-state index is 12.5. The summed E-state index contributed by atoms with van der Waals surface area (Å²) in [7, 11) is 0. The Morgan fingerprint density at radius 2 is 2.03 bits per heavy atom. The largest absolute Gasteiger partial charge is 0.511 e. The molecule has 33 heavy (non-hydrogen) atoms. The number of aliphatic hydroxyl groups excluding tert-OH is 2. The molecule has 3 aliphatic rings. The fourth-order valence-corrected chi connectivity index (χ4v) is 4.49. The zero-order valence-electron chi connectivity index (χ0n) is 19.4. The van der Waals surface area contributed by atoms with Crippen LogP contribution in [0.2, 0.25) is 0 Å². The summed E-state index contributed by atoms with van der Waals surface area (Å²) >= 11 is 0. The lowest BCUT2D eigenvalue weighted by Crippen LogP contribution is -2.65. The lowest BCUT2D eigenvalue weighted by molar-refractivity contribution is -0.137. The second-order valence-electron chi connectivity index (χ2n) is 9.85. The van der Waals surface area contributed by atoms with E-state index in [0.29, 0.717) is 32.5 Å². The molecule has 1 aliphatic carbocycles. The van der Waals surface area contributed by atoms with E-state index in [0.717, 1.165) is 0 Å². The van der Waals surface area contributed by atoms with Crippen LogP contribution < -0.4 is 10.6 Å². The molecule has 3 rings (SSSR count). The molecule has 2 fully saturated rings. The number of hydrogen-bond donors (Lipinski definition) is 4. The Hall–Kier alpha value is -2.66. The first-order valence-electron chi connectivity index (χ1n) is 11.3. The minimum absolute atomic E-state index is 0.0751. The van der Waals surface area contributed by atoms with Crippen molar-refractivity contribution in [1.82, 2.24) is 20.4 Å². The number of piperazine rings is 1. The molecule has 3 atom stereocenters. The van der Waals surface area contributed by atoms with Gasteiger partial charge in [-0.3, -0.25) is 24.6 Å². The Morgan fingerprint density at radius 3 is 2.58 bits per heavy atom. The molecule has 2 saturated heterocycles. The van der Waals surface area contributed by atoms with Crippen LogP contribution in [0.25, 0.3) is 0 Å². The van der Waals surface area contributed by atoms with E-state index < -0.39 is 35.2 Å². The number of nitrogens with zero attached hydrogens (tertiary/aromatic N) is 2. The SMILES string of the molecule is CC(C)(C)OC(=O)N1CCN([C@]2(CCC(=O)NC3CCC(=O)NC3=O)CC=C2O)C[C@@H]1CO. The van der Waals surface area contributed by atoms with Crippen LogP contribution in [-0.2, 0) is 19.1 Å². The van der Waals surface area contributed by atoms with Gasteiger partial charge in [-0.2, -0.15) is 0 Å². The van der Waals surface area contributed by atoms with Crippen molar-refractivity contribution in [2.24, 2.45) is 0 Å². The maximum absolute atomic E-state index is 12.5. The summed E-state index contributed by atoms with van der Waals surface area (Å²) in [6.07, 6.45) is 2.56. The summed E-state index contributed by atoms with van der Waals surface area (Å²) < 4.78 is 5.45. The highest BCUT2D eigenvalue weighted by molar-refractivity contribution is 6.01. The fraction of sp³-hybridized carbons (Fsp3) is 0.727. The molecular weight excluding hydrogens is 432 g/mol. The third-order valence-electron chi connectivity index (χ3n) is 6.38. The highest BCUT2D eigenvalue weighted by atomic mass is 16.6. The second-order valence-corrected chi connectivity index (χ2v) is 9.85. The van der Waals surface area contributed by atoms with Crippen molar-refractivity contribution in [3.05, 3.63) is 11.8 Å². The van der Waals surface area contributed by atoms with Crippen LogP contribution in [0.3, 0.4) is 0 Å². The van der Waals surface area contributed by atoms with Crippen LogP contribution >= 0.6 is 0 Å². The number of aliphatic hydroxyl groups is 2. The molecule has 4 amide bonds. The molecule has 0 aromatic heterocycles. The number of ether oxygens (including phenoxy) is 1. The molecule has 11 heteroatoms. The van der Waals surface area contributed by atoms with Crippen molar-refractivity contribution in [1.29, 1.82) is 0 Å². The number of imide groups is 1. The standard InChI is InChI=1S/C22H34N4O7/c1-21(2,3)33-20(32)26-11-10-25(12-14(26)13-27)22(8-6-16(22)28)9-7-18(30)23-15-4-5-17(29)24-19(15)31/h6,14-15,27-28H,4-5,7-13H2,1-3H3,(H,23,30)(H,24,29,31)/t14-,15?,22+/m1/s1. The van der Waals surface area contributed by atoms with Crippen LogP contribution in [0.4, 0.5) is 4.79 Å². The van der Waals surface area contributed by atoms with Crippen molar-refractivity contribution in [2.45, 2.75) is 76.1 Å². The number of carbonyl (C=O) groups excluding carboxylic acids is 4. The molecule has 4 N–H and O–H groups in total. The van der Waals surface area contributed by atoms with Gasteiger partial charge < -0.3 is 25.2 Å². The van der Waals surface area contributed by atoms with Crippen molar-refractivity contribution >= 4 is 23.8 Å². The van der Waals surface area contributed by atoms with Crippen molar-refractivity contribution in [3.63, 3.8) is 0 Å². The third-order valence-corrected chi connectivity index (χ3v) is 6.38. The minimum Gasteiger partial charge on any atom is -0.511 e. The fourth-order valence-electron chi connectivity index (χ4n) is 4.49. The van der Waals surface area contributed by atoms with Gasteiger partial charge in [-0.05, 0) is 46.1 Å². The Balaban J connectivity index is 1.60. The van der Waals surface area contributed by atoms with E-state index in [1.807, 2.05) is 4.90 Å². The Bertz CT molecular complexity index is 837. The van der Waals surface area contributed by atoms with Crippen molar-refractivity contribution < 1.29 is 34.1 Å². The van der Waals surface area contributed by atoms with E-state index in [1.54, 1.807) is 26.8 Å². The smallest absolute Gasteiger partial charge is 0.410 e. The van der Waals surface area contributed by atoms with Gasteiger partial charge in [0.15, 0.2) is 0 Å². The van der Waals surface area contributed by atoms with Crippen LogP contribution in [-0.4, -0.2) is 93.3 Å². The van der Waals surface area contributed by atoms with Gasteiger partial charge in [0.05, 0.1) is 18.2 Å². The molecule has 0 spiro atoms. The lowest BCUT2D eigenvalue weighted by Gasteiger charge is -2.52. The second kappa shape index (κ2) is 9.68. The first-order valence-corrected chi connectivity index (χ1v) is 11.3. The molecule has 0 aromatic carbocycles. The van der Waals surface area contributed by atoms with Gasteiger partial charge in [0.25, 0.3) is 0 Å². The Morgan fingerprint density at radius 1 is 1.30 bits per heavy atom. The Labute approximate surface area is 193 Å². The molecule has 1 unspecified atom stereocenters. The number of amides is 4. The minimum atomic E-state index is -0.754. The van der Waals surface area contributed by atoms with E-state index in [9.17, 15) is 29.4 Å². The zero-order valence-corrected chi connectivity index (χ0v) is 19.4. The topological polar surface area (TPSA) is 149 Å². The molecule has 2 heterocycles. The van der Waals surface area contributed by atoms with Gasteiger partial charge in [0, 0.05) is 32.5 Å². The molecular formula is C22H34N4O7. The van der Waals surface area contributed by atoms with Gasteiger partial charge in [0.2, 0.25) is 17.7 Å². The monoisotopic (exact) mass is 466 g/mol. The highest BCUT2D eigenvalue weighted by Gasteiger charge is 2.48. The van der Waals surface area contributed by atoms with Gasteiger partial charge >= 0.3 is 6.09 Å². The van der Waals surface area contributed by atoms with Crippen molar-refractivity contribution in [2.75, 3.05) is 26.2 Å². The number of nitrogens with one attached hydrogen (secondary N) is 2. The summed E-state index contributed by atoms with van der Waals surface area (Å²) in [5.41, 5.74) is -1.41. The first kappa shape index (κ1) is 25.0. The van der Waals surface area contributed by atoms with Gasteiger partial charge in [0.1, 0.15) is 17.4 Å². The number of rotatable bonds is 6. The summed E-state index contributed by atoms with van der Waals surface area (Å²) in [5, 5.41) is 25.3. The van der Waals surface area contributed by atoms with Crippen LogP contribution in [0.1, 0.15) is 52.9 Å². The summed E-state index contributed by atoms with van der Waals surface area (Å²) in [4.78, 5) is 51.7. The van der Waals surface area contributed by atoms with E-state index in [-0.39, 0.29) is 43.4 Å². The summed E-state index contributed by atoms with van der Waals surface area (Å²) in [6.45, 7) is 6.16. The maximum Gasteiger partial charge on any atom is 0.410 e. The Kier molecular flexibility index (Phi) is 7.32.